The van der Waals surface area contributed by atoms with Crippen LogP contribution in [-0.4, -0.2) is 42.9 Å². The summed E-state index contributed by atoms with van der Waals surface area (Å²) in [7, 11) is 1.68. The van der Waals surface area contributed by atoms with Crippen molar-refractivity contribution >= 4 is 12.0 Å². The summed E-state index contributed by atoms with van der Waals surface area (Å²) in [5, 5.41) is 14.6. The number of hydrogen-bond donors (Lipinski definition) is 3. The van der Waals surface area contributed by atoms with Crippen LogP contribution < -0.4 is 10.6 Å². The summed E-state index contributed by atoms with van der Waals surface area (Å²) in [6.45, 7) is 4.11. The standard InChI is InChI=1S/C14H26N2O4/c1-9(2)6-10(13(17)18)8-15-14(19)16-11-4-5-12(7-11)20-3/h9-12H,4-8H2,1-3H3,(H,17,18)(H2,15,16,19). The fourth-order valence-electron chi connectivity index (χ4n) is 2.58. The highest BCUT2D eigenvalue weighted by atomic mass is 16.5. The third kappa shape index (κ3) is 5.77. The van der Waals surface area contributed by atoms with Gasteiger partial charge in [0.1, 0.15) is 0 Å². The van der Waals surface area contributed by atoms with Crippen LogP contribution in [0.4, 0.5) is 4.79 Å². The number of aliphatic carboxylic acids is 1. The molecule has 0 spiro atoms. The number of hydrogen-bond acceptors (Lipinski definition) is 3. The zero-order valence-electron chi connectivity index (χ0n) is 12.5. The van der Waals surface area contributed by atoms with Gasteiger partial charge in [-0.2, -0.15) is 0 Å². The van der Waals surface area contributed by atoms with Crippen molar-refractivity contribution in [3.63, 3.8) is 0 Å². The van der Waals surface area contributed by atoms with Gasteiger partial charge in [0, 0.05) is 19.7 Å². The van der Waals surface area contributed by atoms with E-state index in [2.05, 4.69) is 10.6 Å². The molecule has 1 aliphatic rings. The first-order valence-electron chi connectivity index (χ1n) is 7.22. The first-order chi connectivity index (χ1) is 9.42. The number of carbonyl (C=O) groups is 2. The quantitative estimate of drug-likeness (QED) is 0.663. The van der Waals surface area contributed by atoms with Crippen LogP contribution in [-0.2, 0) is 9.53 Å². The molecule has 116 valence electrons. The summed E-state index contributed by atoms with van der Waals surface area (Å²) in [5.41, 5.74) is 0. The normalized spacial score (nSPS) is 23.6. The Bertz CT molecular complexity index is 333. The third-order valence-corrected chi connectivity index (χ3v) is 3.67. The van der Waals surface area contributed by atoms with Gasteiger partial charge in [-0.1, -0.05) is 13.8 Å². The van der Waals surface area contributed by atoms with Gasteiger partial charge in [-0.05, 0) is 31.6 Å². The second kappa shape index (κ2) is 8.09. The zero-order valence-corrected chi connectivity index (χ0v) is 12.5. The Morgan fingerprint density at radius 2 is 2.05 bits per heavy atom. The minimum atomic E-state index is -0.862. The van der Waals surface area contributed by atoms with Gasteiger partial charge in [0.05, 0.1) is 12.0 Å². The number of carboxylic acid groups (broad SMARTS) is 1. The predicted molar refractivity (Wildman–Crippen MR) is 75.6 cm³/mol. The van der Waals surface area contributed by atoms with E-state index in [9.17, 15) is 9.59 Å². The molecule has 0 aromatic heterocycles. The summed E-state index contributed by atoms with van der Waals surface area (Å²) in [5.74, 6) is -1.10. The molecule has 0 aromatic carbocycles. The van der Waals surface area contributed by atoms with E-state index in [4.69, 9.17) is 9.84 Å². The van der Waals surface area contributed by atoms with Crippen molar-refractivity contribution in [2.45, 2.75) is 51.7 Å². The number of urea groups is 1. The van der Waals surface area contributed by atoms with Gasteiger partial charge in [0.2, 0.25) is 0 Å². The smallest absolute Gasteiger partial charge is 0.315 e. The molecule has 1 saturated carbocycles. The van der Waals surface area contributed by atoms with Crippen LogP contribution >= 0.6 is 0 Å². The molecule has 0 aliphatic heterocycles. The Labute approximate surface area is 120 Å². The van der Waals surface area contributed by atoms with Crippen LogP contribution in [0.15, 0.2) is 0 Å². The van der Waals surface area contributed by atoms with Gasteiger partial charge in [-0.15, -0.1) is 0 Å². The Morgan fingerprint density at radius 3 is 2.55 bits per heavy atom. The molecule has 0 aromatic rings. The topological polar surface area (TPSA) is 87.7 Å². The van der Waals surface area contributed by atoms with E-state index < -0.39 is 11.9 Å². The fraction of sp³-hybridized carbons (Fsp3) is 0.857. The van der Waals surface area contributed by atoms with E-state index in [-0.39, 0.29) is 24.7 Å². The Hall–Kier alpha value is -1.30. The second-order valence-corrected chi connectivity index (χ2v) is 5.89. The van der Waals surface area contributed by atoms with Crippen molar-refractivity contribution < 1.29 is 19.4 Å². The average molecular weight is 286 g/mol. The number of nitrogens with one attached hydrogen (secondary N) is 2. The van der Waals surface area contributed by atoms with Crippen molar-refractivity contribution in [2.24, 2.45) is 11.8 Å². The average Bonchev–Trinajstić information content (AvgIpc) is 2.81. The number of rotatable bonds is 7. The van der Waals surface area contributed by atoms with Crippen molar-refractivity contribution in [1.29, 1.82) is 0 Å². The first-order valence-corrected chi connectivity index (χ1v) is 7.22. The van der Waals surface area contributed by atoms with E-state index >= 15 is 0 Å². The fourth-order valence-corrected chi connectivity index (χ4v) is 2.58. The lowest BCUT2D eigenvalue weighted by atomic mass is 9.97. The molecule has 6 heteroatoms. The van der Waals surface area contributed by atoms with E-state index in [0.29, 0.717) is 12.3 Å². The molecule has 1 fully saturated rings. The highest BCUT2D eigenvalue weighted by Crippen LogP contribution is 2.21. The minimum Gasteiger partial charge on any atom is -0.481 e. The van der Waals surface area contributed by atoms with Gasteiger partial charge in [-0.3, -0.25) is 4.79 Å². The van der Waals surface area contributed by atoms with Crippen LogP contribution in [0.3, 0.4) is 0 Å². The molecule has 6 nitrogen and oxygen atoms in total. The van der Waals surface area contributed by atoms with Crippen molar-refractivity contribution in [3.8, 4) is 0 Å². The van der Waals surface area contributed by atoms with Crippen LogP contribution in [0.5, 0.6) is 0 Å². The zero-order chi connectivity index (χ0) is 15.1. The third-order valence-electron chi connectivity index (χ3n) is 3.67. The molecule has 0 bridgehead atoms. The van der Waals surface area contributed by atoms with Gasteiger partial charge in [0.25, 0.3) is 0 Å². The molecule has 3 atom stereocenters. The van der Waals surface area contributed by atoms with E-state index in [0.717, 1.165) is 19.3 Å². The lowest BCUT2D eigenvalue weighted by molar-refractivity contribution is -0.142. The molecular formula is C14H26N2O4. The summed E-state index contributed by atoms with van der Waals surface area (Å²) in [6.07, 6.45) is 3.45. The largest absolute Gasteiger partial charge is 0.481 e. The minimum absolute atomic E-state index is 0.119. The predicted octanol–water partition coefficient (Wildman–Crippen LogP) is 1.60. The number of carboxylic acids is 1. The Balaban J connectivity index is 2.29. The maximum Gasteiger partial charge on any atom is 0.315 e. The molecule has 3 unspecified atom stereocenters. The lowest BCUT2D eigenvalue weighted by Crippen LogP contribution is -2.44. The maximum atomic E-state index is 11.8. The molecule has 3 N–H and O–H groups in total. The SMILES string of the molecule is COC1CCC(NC(=O)NCC(CC(C)C)C(=O)O)C1. The first kappa shape index (κ1) is 16.8. The molecule has 20 heavy (non-hydrogen) atoms. The molecule has 0 saturated heterocycles. The number of carbonyl (C=O) groups excluding carboxylic acids is 1. The van der Waals surface area contributed by atoms with Crippen molar-refractivity contribution in [2.75, 3.05) is 13.7 Å². The number of ether oxygens (including phenoxy) is 1. The Morgan fingerprint density at radius 1 is 1.35 bits per heavy atom. The van der Waals surface area contributed by atoms with Crippen molar-refractivity contribution in [3.05, 3.63) is 0 Å². The number of methoxy groups -OCH3 is 1. The summed E-state index contributed by atoms with van der Waals surface area (Å²) < 4.78 is 5.25. The van der Waals surface area contributed by atoms with Crippen LogP contribution in [0.25, 0.3) is 0 Å². The molecule has 0 heterocycles. The Kier molecular flexibility index (Phi) is 6.78. The molecule has 1 aliphatic carbocycles. The van der Waals surface area contributed by atoms with E-state index in [1.807, 2.05) is 13.8 Å². The van der Waals surface area contributed by atoms with Crippen LogP contribution in [0, 0.1) is 11.8 Å². The molecule has 0 radical (unpaired) electrons. The van der Waals surface area contributed by atoms with Gasteiger partial charge in [-0.25, -0.2) is 4.79 Å². The second-order valence-electron chi connectivity index (χ2n) is 5.89. The van der Waals surface area contributed by atoms with Crippen molar-refractivity contribution in [1.82, 2.24) is 10.6 Å². The van der Waals surface area contributed by atoms with Gasteiger partial charge in [0.15, 0.2) is 0 Å². The van der Waals surface area contributed by atoms with Crippen LogP contribution in [0.2, 0.25) is 0 Å². The summed E-state index contributed by atoms with van der Waals surface area (Å²) in [6, 6.07) is -0.171. The maximum absolute atomic E-state index is 11.8. The van der Waals surface area contributed by atoms with E-state index in [1.165, 1.54) is 0 Å². The summed E-state index contributed by atoms with van der Waals surface area (Å²) in [4.78, 5) is 22.8. The van der Waals surface area contributed by atoms with E-state index in [1.54, 1.807) is 7.11 Å². The number of amides is 2. The van der Waals surface area contributed by atoms with Crippen LogP contribution in [0.1, 0.15) is 39.5 Å². The highest BCUT2D eigenvalue weighted by Gasteiger charge is 2.26. The monoisotopic (exact) mass is 286 g/mol. The van der Waals surface area contributed by atoms with Gasteiger partial charge >= 0.3 is 12.0 Å². The molecular weight excluding hydrogens is 260 g/mol. The molecule has 2 amide bonds. The lowest BCUT2D eigenvalue weighted by Gasteiger charge is -2.17. The summed E-state index contributed by atoms with van der Waals surface area (Å²) >= 11 is 0. The molecule has 1 rings (SSSR count). The van der Waals surface area contributed by atoms with Gasteiger partial charge < -0.3 is 20.5 Å². The highest BCUT2D eigenvalue weighted by molar-refractivity contribution is 5.76.